The molecule has 1 heterocycles. The average Bonchev–Trinajstić information content (AvgIpc) is 2.53. The number of rotatable bonds is 5. The monoisotopic (exact) mass is 271 g/mol. The summed E-state index contributed by atoms with van der Waals surface area (Å²) < 4.78 is 0. The van der Waals surface area contributed by atoms with Gasteiger partial charge in [0.2, 0.25) is 0 Å². The molecule has 2 N–H and O–H groups in total. The van der Waals surface area contributed by atoms with Gasteiger partial charge in [-0.3, -0.25) is 4.98 Å². The first-order valence-electron chi connectivity index (χ1n) is 7.05. The number of aliphatic hydroxyl groups excluding tert-OH is 2. The lowest BCUT2D eigenvalue weighted by atomic mass is 9.93. The van der Waals surface area contributed by atoms with Crippen molar-refractivity contribution in [3.63, 3.8) is 0 Å². The third-order valence-corrected chi connectivity index (χ3v) is 3.68. The number of aliphatic hydroxyl groups is 2. The Labute approximate surface area is 119 Å². The molecule has 106 valence electrons. The van der Waals surface area contributed by atoms with Gasteiger partial charge in [-0.05, 0) is 35.6 Å². The molecule has 0 aliphatic rings. The molecule has 2 rings (SSSR count). The second kappa shape index (κ2) is 6.64. The van der Waals surface area contributed by atoms with Crippen molar-refractivity contribution in [3.8, 4) is 11.3 Å². The van der Waals surface area contributed by atoms with Crippen LogP contribution in [0.3, 0.4) is 0 Å². The van der Waals surface area contributed by atoms with Gasteiger partial charge in [0.15, 0.2) is 0 Å². The van der Waals surface area contributed by atoms with Crippen LogP contribution in [0.15, 0.2) is 30.5 Å². The molecular formula is C17H21NO2. The van der Waals surface area contributed by atoms with E-state index in [1.54, 1.807) is 6.20 Å². The molecule has 1 aromatic heterocycles. The molecular weight excluding hydrogens is 250 g/mol. The van der Waals surface area contributed by atoms with E-state index in [-0.39, 0.29) is 13.2 Å². The van der Waals surface area contributed by atoms with Crippen LogP contribution in [0, 0.1) is 0 Å². The zero-order valence-electron chi connectivity index (χ0n) is 12.1. The first-order valence-corrected chi connectivity index (χ1v) is 7.05. The second-order valence-electron chi connectivity index (χ2n) is 4.81. The van der Waals surface area contributed by atoms with Crippen molar-refractivity contribution in [2.45, 2.75) is 39.9 Å². The Morgan fingerprint density at radius 2 is 1.50 bits per heavy atom. The predicted molar refractivity (Wildman–Crippen MR) is 80.3 cm³/mol. The summed E-state index contributed by atoms with van der Waals surface area (Å²) >= 11 is 0. The van der Waals surface area contributed by atoms with E-state index in [1.807, 2.05) is 6.07 Å². The summed E-state index contributed by atoms with van der Waals surface area (Å²) in [5, 5.41) is 18.7. The molecule has 3 heteroatoms. The molecule has 0 aliphatic heterocycles. The van der Waals surface area contributed by atoms with Crippen molar-refractivity contribution in [2.24, 2.45) is 0 Å². The number of aromatic nitrogens is 1. The first-order chi connectivity index (χ1) is 9.74. The van der Waals surface area contributed by atoms with E-state index in [0.717, 1.165) is 29.7 Å². The van der Waals surface area contributed by atoms with Gasteiger partial charge in [-0.2, -0.15) is 0 Å². The number of hydrogen-bond acceptors (Lipinski definition) is 3. The smallest absolute Gasteiger partial charge is 0.0711 e. The van der Waals surface area contributed by atoms with Gasteiger partial charge in [0.1, 0.15) is 0 Å². The Morgan fingerprint density at radius 3 is 2.00 bits per heavy atom. The van der Waals surface area contributed by atoms with Crippen LogP contribution in [0.25, 0.3) is 11.3 Å². The summed E-state index contributed by atoms with van der Waals surface area (Å²) in [5.41, 5.74) is 5.99. The summed E-state index contributed by atoms with van der Waals surface area (Å²) in [6.07, 6.45) is 3.55. The largest absolute Gasteiger partial charge is 0.392 e. The fourth-order valence-electron chi connectivity index (χ4n) is 2.52. The Hall–Kier alpha value is -1.71. The maximum absolute atomic E-state index is 9.43. The van der Waals surface area contributed by atoms with Gasteiger partial charge in [0.25, 0.3) is 0 Å². The molecule has 0 aliphatic carbocycles. The van der Waals surface area contributed by atoms with Gasteiger partial charge in [-0.1, -0.05) is 32.0 Å². The maximum Gasteiger partial charge on any atom is 0.0711 e. The first kappa shape index (κ1) is 14.7. The lowest BCUT2D eigenvalue weighted by molar-refractivity contribution is 0.259. The molecule has 2 aromatic rings. The van der Waals surface area contributed by atoms with Gasteiger partial charge in [0.05, 0.1) is 18.9 Å². The molecule has 0 atom stereocenters. The summed E-state index contributed by atoms with van der Waals surface area (Å²) in [7, 11) is 0. The number of nitrogens with zero attached hydrogens (tertiary/aromatic N) is 1. The van der Waals surface area contributed by atoms with Crippen LogP contribution < -0.4 is 0 Å². The van der Waals surface area contributed by atoms with Crippen molar-refractivity contribution >= 4 is 0 Å². The Morgan fingerprint density at radius 1 is 0.900 bits per heavy atom. The number of pyridine rings is 1. The fraction of sp³-hybridized carbons (Fsp3) is 0.353. The maximum atomic E-state index is 9.43. The molecule has 20 heavy (non-hydrogen) atoms. The summed E-state index contributed by atoms with van der Waals surface area (Å²) in [5.74, 6) is 0. The summed E-state index contributed by atoms with van der Waals surface area (Å²) in [6.45, 7) is 4.08. The van der Waals surface area contributed by atoms with Gasteiger partial charge in [0, 0.05) is 17.3 Å². The van der Waals surface area contributed by atoms with Crippen molar-refractivity contribution < 1.29 is 10.2 Å². The highest BCUT2D eigenvalue weighted by Crippen LogP contribution is 2.28. The van der Waals surface area contributed by atoms with Crippen LogP contribution in [0.5, 0.6) is 0 Å². The van der Waals surface area contributed by atoms with E-state index in [2.05, 4.69) is 37.0 Å². The topological polar surface area (TPSA) is 53.4 Å². The fourth-order valence-corrected chi connectivity index (χ4v) is 2.52. The third-order valence-electron chi connectivity index (χ3n) is 3.68. The van der Waals surface area contributed by atoms with E-state index >= 15 is 0 Å². The van der Waals surface area contributed by atoms with Gasteiger partial charge in [-0.25, -0.2) is 0 Å². The molecule has 0 spiro atoms. The molecule has 0 amide bonds. The summed E-state index contributed by atoms with van der Waals surface area (Å²) in [6, 6.07) is 8.21. The van der Waals surface area contributed by atoms with E-state index in [9.17, 15) is 10.2 Å². The van der Waals surface area contributed by atoms with Gasteiger partial charge in [-0.15, -0.1) is 0 Å². The number of aryl methyl sites for hydroxylation is 2. The third kappa shape index (κ3) is 2.74. The second-order valence-corrected chi connectivity index (χ2v) is 4.81. The Balaban J connectivity index is 2.61. The molecule has 0 fully saturated rings. The van der Waals surface area contributed by atoms with Crippen LogP contribution in [-0.2, 0) is 26.1 Å². The van der Waals surface area contributed by atoms with Crippen molar-refractivity contribution in [1.82, 2.24) is 4.98 Å². The lowest BCUT2D eigenvalue weighted by Gasteiger charge is -2.14. The molecule has 3 nitrogen and oxygen atoms in total. The zero-order chi connectivity index (χ0) is 14.5. The molecule has 0 saturated carbocycles. The quantitative estimate of drug-likeness (QED) is 0.879. The Bertz CT molecular complexity index is 571. The van der Waals surface area contributed by atoms with Crippen LogP contribution in [-0.4, -0.2) is 15.2 Å². The lowest BCUT2D eigenvalue weighted by Crippen LogP contribution is -2.00. The highest BCUT2D eigenvalue weighted by Gasteiger charge is 2.12. The normalized spacial score (nSPS) is 10.8. The highest BCUT2D eigenvalue weighted by atomic mass is 16.3. The van der Waals surface area contributed by atoms with Crippen LogP contribution in [0.2, 0.25) is 0 Å². The average molecular weight is 271 g/mol. The number of hydrogen-bond donors (Lipinski definition) is 2. The minimum absolute atomic E-state index is 0.0822. The van der Waals surface area contributed by atoms with E-state index in [1.165, 1.54) is 11.1 Å². The molecule has 0 saturated heterocycles. The van der Waals surface area contributed by atoms with Gasteiger partial charge < -0.3 is 10.2 Å². The minimum Gasteiger partial charge on any atom is -0.392 e. The van der Waals surface area contributed by atoms with Gasteiger partial charge >= 0.3 is 0 Å². The van der Waals surface area contributed by atoms with Crippen LogP contribution in [0.4, 0.5) is 0 Å². The minimum atomic E-state index is -0.0980. The van der Waals surface area contributed by atoms with Crippen LogP contribution in [0.1, 0.15) is 36.1 Å². The zero-order valence-corrected chi connectivity index (χ0v) is 12.1. The SMILES string of the molecule is CCc1cccc(CC)c1-c1cc(CO)c(CO)cn1. The Kier molecular flexibility index (Phi) is 4.88. The highest BCUT2D eigenvalue weighted by molar-refractivity contribution is 5.68. The van der Waals surface area contributed by atoms with E-state index < -0.39 is 0 Å². The molecule has 0 unspecified atom stereocenters. The van der Waals surface area contributed by atoms with Crippen molar-refractivity contribution in [2.75, 3.05) is 0 Å². The molecule has 0 bridgehead atoms. The van der Waals surface area contributed by atoms with E-state index in [4.69, 9.17) is 0 Å². The standard InChI is InChI=1S/C17H21NO2/c1-3-12-6-5-7-13(4-2)17(12)16-8-14(10-19)15(11-20)9-18-16/h5-9,19-20H,3-4,10-11H2,1-2H3. The molecule has 0 radical (unpaired) electrons. The van der Waals surface area contributed by atoms with Crippen molar-refractivity contribution in [1.29, 1.82) is 0 Å². The molecule has 1 aromatic carbocycles. The van der Waals surface area contributed by atoms with E-state index in [0.29, 0.717) is 5.56 Å². The van der Waals surface area contributed by atoms with Crippen LogP contribution >= 0.6 is 0 Å². The predicted octanol–water partition coefficient (Wildman–Crippen LogP) is 2.86. The van der Waals surface area contributed by atoms with Crippen molar-refractivity contribution in [3.05, 3.63) is 52.7 Å². The number of benzene rings is 1. The summed E-state index contributed by atoms with van der Waals surface area (Å²) in [4.78, 5) is 4.47.